The molecule has 0 fully saturated rings. The molecule has 0 heterocycles. The minimum atomic E-state index is -3.58. The molecule has 2 aromatic rings. The van der Waals surface area contributed by atoms with Crippen LogP contribution < -0.4 is 9.62 Å². The number of carbonyl (C=O) groups excluding carboxylic acids is 1. The van der Waals surface area contributed by atoms with Gasteiger partial charge in [0.25, 0.3) is 0 Å². The fourth-order valence-corrected chi connectivity index (χ4v) is 3.73. The van der Waals surface area contributed by atoms with Gasteiger partial charge < -0.3 is 5.32 Å². The number of hydrogen-bond acceptors (Lipinski definition) is 3. The number of halogens is 1. The first kappa shape index (κ1) is 18.5. The van der Waals surface area contributed by atoms with Crippen molar-refractivity contribution in [3.63, 3.8) is 0 Å². The summed E-state index contributed by atoms with van der Waals surface area (Å²) in [5.74, 6) is -0.363. The number of hydrogen-bond donors (Lipinski definition) is 1. The van der Waals surface area contributed by atoms with E-state index in [1.165, 1.54) is 0 Å². The number of carbonyl (C=O) groups is 1. The Morgan fingerprint density at radius 2 is 1.88 bits per heavy atom. The lowest BCUT2D eigenvalue weighted by Crippen LogP contribution is -2.40. The highest BCUT2D eigenvalue weighted by molar-refractivity contribution is 9.10. The summed E-state index contributed by atoms with van der Waals surface area (Å²) in [6.07, 6.45) is 1.08. The fourth-order valence-electron chi connectivity index (χ4n) is 2.24. The van der Waals surface area contributed by atoms with Crippen molar-refractivity contribution in [2.45, 2.75) is 13.5 Å². The lowest BCUT2D eigenvalue weighted by Gasteiger charge is -2.23. The number of nitrogens with zero attached hydrogens (tertiary/aromatic N) is 1. The van der Waals surface area contributed by atoms with Crippen molar-refractivity contribution in [2.75, 3.05) is 17.1 Å². The summed E-state index contributed by atoms with van der Waals surface area (Å²) in [6, 6.07) is 14.7. The summed E-state index contributed by atoms with van der Waals surface area (Å²) in [7, 11) is -3.58. The zero-order chi connectivity index (χ0) is 17.7. The third-order valence-corrected chi connectivity index (χ3v) is 5.18. The summed E-state index contributed by atoms with van der Waals surface area (Å²) < 4.78 is 25.8. The Morgan fingerprint density at radius 3 is 2.50 bits per heavy atom. The average molecular weight is 411 g/mol. The molecule has 0 saturated heterocycles. The Morgan fingerprint density at radius 1 is 1.17 bits per heavy atom. The van der Waals surface area contributed by atoms with Gasteiger partial charge in [-0.05, 0) is 40.5 Å². The van der Waals surface area contributed by atoms with E-state index < -0.39 is 10.0 Å². The third-order valence-electron chi connectivity index (χ3n) is 3.38. The Balaban J connectivity index is 2.10. The molecule has 0 aliphatic carbocycles. The first-order valence-electron chi connectivity index (χ1n) is 7.32. The maximum absolute atomic E-state index is 12.2. The number of nitrogens with one attached hydrogen (secondary N) is 1. The van der Waals surface area contributed by atoms with E-state index in [-0.39, 0.29) is 12.5 Å². The van der Waals surface area contributed by atoms with Gasteiger partial charge in [-0.3, -0.25) is 9.10 Å². The topological polar surface area (TPSA) is 66.5 Å². The quantitative estimate of drug-likeness (QED) is 0.795. The van der Waals surface area contributed by atoms with E-state index in [2.05, 4.69) is 21.2 Å². The molecule has 0 unspecified atom stereocenters. The number of amides is 1. The zero-order valence-electron chi connectivity index (χ0n) is 13.5. The van der Waals surface area contributed by atoms with Crippen molar-refractivity contribution in [1.29, 1.82) is 0 Å². The molecule has 0 aromatic heterocycles. The van der Waals surface area contributed by atoms with E-state index in [0.29, 0.717) is 16.7 Å². The number of sulfonamides is 1. The zero-order valence-corrected chi connectivity index (χ0v) is 15.9. The molecule has 24 heavy (non-hydrogen) atoms. The molecule has 1 N–H and O–H groups in total. The van der Waals surface area contributed by atoms with Crippen molar-refractivity contribution in [3.05, 3.63) is 64.1 Å². The second kappa shape index (κ2) is 7.81. The minimum Gasteiger partial charge on any atom is -0.350 e. The largest absolute Gasteiger partial charge is 0.350 e. The molecule has 0 radical (unpaired) electrons. The number of benzene rings is 2. The summed E-state index contributed by atoms with van der Waals surface area (Å²) >= 11 is 3.33. The molecule has 7 heteroatoms. The summed E-state index contributed by atoms with van der Waals surface area (Å²) in [5, 5.41) is 2.76. The highest BCUT2D eigenvalue weighted by Crippen LogP contribution is 2.27. The van der Waals surface area contributed by atoms with Crippen LogP contribution >= 0.6 is 15.9 Å². The SMILES string of the molecule is Cc1cccc(CNC(=O)CN(c2ccccc2Br)S(C)(=O)=O)c1. The van der Waals surface area contributed by atoms with Crippen molar-refractivity contribution in [2.24, 2.45) is 0 Å². The van der Waals surface area contributed by atoms with Crippen LogP contribution in [0.25, 0.3) is 0 Å². The molecule has 1 amide bonds. The van der Waals surface area contributed by atoms with Crippen molar-refractivity contribution < 1.29 is 13.2 Å². The normalized spacial score (nSPS) is 11.1. The van der Waals surface area contributed by atoms with Crippen LogP contribution in [0.3, 0.4) is 0 Å². The van der Waals surface area contributed by atoms with Gasteiger partial charge in [-0.2, -0.15) is 0 Å². The van der Waals surface area contributed by atoms with E-state index >= 15 is 0 Å². The predicted octanol–water partition coefficient (Wildman–Crippen LogP) is 2.84. The Bertz CT molecular complexity index is 837. The van der Waals surface area contributed by atoms with Crippen molar-refractivity contribution >= 4 is 37.5 Å². The molecule has 0 spiro atoms. The molecule has 0 aliphatic heterocycles. The molecule has 0 atom stereocenters. The minimum absolute atomic E-state index is 0.271. The van der Waals surface area contributed by atoms with Gasteiger partial charge in [0.2, 0.25) is 15.9 Å². The highest BCUT2D eigenvalue weighted by Gasteiger charge is 2.22. The summed E-state index contributed by atoms with van der Waals surface area (Å²) in [6.45, 7) is 2.06. The van der Waals surface area contributed by atoms with Crippen LogP contribution in [0.15, 0.2) is 53.0 Å². The van der Waals surface area contributed by atoms with E-state index in [4.69, 9.17) is 0 Å². The van der Waals surface area contributed by atoms with Crippen LogP contribution in [-0.2, 0) is 21.4 Å². The van der Waals surface area contributed by atoms with E-state index in [0.717, 1.165) is 21.7 Å². The lowest BCUT2D eigenvalue weighted by atomic mass is 10.1. The molecular formula is C17H19BrN2O3S. The third kappa shape index (κ3) is 5.07. The molecule has 0 aliphatic rings. The first-order chi connectivity index (χ1) is 11.3. The predicted molar refractivity (Wildman–Crippen MR) is 99.4 cm³/mol. The van der Waals surface area contributed by atoms with E-state index in [1.807, 2.05) is 31.2 Å². The first-order valence-corrected chi connectivity index (χ1v) is 9.96. The van der Waals surface area contributed by atoms with Gasteiger partial charge in [0.15, 0.2) is 0 Å². The van der Waals surface area contributed by atoms with E-state index in [1.54, 1.807) is 24.3 Å². The van der Waals surface area contributed by atoms with Gasteiger partial charge in [0.1, 0.15) is 6.54 Å². The standard InChI is InChI=1S/C17H19BrN2O3S/c1-13-6-5-7-14(10-13)11-19-17(21)12-20(24(2,22)23)16-9-4-3-8-15(16)18/h3-10H,11-12H2,1-2H3,(H,19,21). The van der Waals surface area contributed by atoms with Gasteiger partial charge in [0, 0.05) is 11.0 Å². The fraction of sp³-hybridized carbons (Fsp3) is 0.235. The smallest absolute Gasteiger partial charge is 0.241 e. The average Bonchev–Trinajstić information content (AvgIpc) is 2.50. The Hall–Kier alpha value is -1.86. The maximum Gasteiger partial charge on any atom is 0.241 e. The summed E-state index contributed by atoms with van der Waals surface area (Å²) in [5.41, 5.74) is 2.51. The van der Waals surface area contributed by atoms with Crippen LogP contribution in [0.5, 0.6) is 0 Å². The number of anilines is 1. The second-order valence-electron chi connectivity index (χ2n) is 5.49. The molecule has 0 saturated carbocycles. The van der Waals surface area contributed by atoms with Gasteiger partial charge in [-0.25, -0.2) is 8.42 Å². The molecule has 0 bridgehead atoms. The van der Waals surface area contributed by atoms with Gasteiger partial charge in [-0.1, -0.05) is 42.0 Å². The number of aryl methyl sites for hydroxylation is 1. The molecule has 5 nitrogen and oxygen atoms in total. The number of rotatable bonds is 6. The maximum atomic E-state index is 12.2. The van der Waals surface area contributed by atoms with E-state index in [9.17, 15) is 13.2 Å². The summed E-state index contributed by atoms with van der Waals surface area (Å²) in [4.78, 5) is 12.2. The van der Waals surface area contributed by atoms with Crippen LogP contribution in [0.4, 0.5) is 5.69 Å². The lowest BCUT2D eigenvalue weighted by molar-refractivity contribution is -0.119. The van der Waals surface area contributed by atoms with Gasteiger partial charge in [0.05, 0.1) is 11.9 Å². The van der Waals surface area contributed by atoms with Crippen LogP contribution in [0, 0.1) is 6.92 Å². The molecular weight excluding hydrogens is 392 g/mol. The monoisotopic (exact) mass is 410 g/mol. The van der Waals surface area contributed by atoms with Crippen LogP contribution in [-0.4, -0.2) is 27.1 Å². The Kier molecular flexibility index (Phi) is 6.01. The van der Waals surface area contributed by atoms with Gasteiger partial charge >= 0.3 is 0 Å². The van der Waals surface area contributed by atoms with Crippen LogP contribution in [0.1, 0.15) is 11.1 Å². The molecule has 2 rings (SSSR count). The van der Waals surface area contributed by atoms with Gasteiger partial charge in [-0.15, -0.1) is 0 Å². The van der Waals surface area contributed by atoms with Crippen LogP contribution in [0.2, 0.25) is 0 Å². The van der Waals surface area contributed by atoms with Crippen molar-refractivity contribution in [1.82, 2.24) is 5.32 Å². The number of para-hydroxylation sites is 1. The highest BCUT2D eigenvalue weighted by atomic mass is 79.9. The van der Waals surface area contributed by atoms with Crippen molar-refractivity contribution in [3.8, 4) is 0 Å². The molecule has 128 valence electrons. The Labute approximate surface area is 150 Å². The second-order valence-corrected chi connectivity index (χ2v) is 8.25. The molecule has 2 aromatic carbocycles.